The van der Waals surface area contributed by atoms with Crippen LogP contribution in [-0.4, -0.2) is 21.3 Å². The van der Waals surface area contributed by atoms with E-state index in [1.165, 1.54) is 0 Å². The Kier molecular flexibility index (Phi) is 5.29. The molecule has 0 saturated heterocycles. The number of carbonyl (C=O) groups is 1. The van der Waals surface area contributed by atoms with Crippen LogP contribution in [0, 0.1) is 0 Å². The number of carboxylic acid groups (broad SMARTS) is 1. The van der Waals surface area contributed by atoms with Gasteiger partial charge in [-0.3, -0.25) is 4.79 Å². The molecule has 6 heteroatoms. The smallest absolute Gasteiger partial charge is 0.303 e. The lowest BCUT2D eigenvalue weighted by molar-refractivity contribution is -0.137. The van der Waals surface area contributed by atoms with Gasteiger partial charge in [-0.1, -0.05) is 28.1 Å². The molecule has 1 heterocycles. The summed E-state index contributed by atoms with van der Waals surface area (Å²) in [6, 6.07) is 7.94. The fourth-order valence-electron chi connectivity index (χ4n) is 1.83. The summed E-state index contributed by atoms with van der Waals surface area (Å²) in [5.74, 6) is 0.377. The maximum absolute atomic E-state index is 10.4. The van der Waals surface area contributed by atoms with Crippen molar-refractivity contribution in [3.63, 3.8) is 0 Å². The summed E-state index contributed by atoms with van der Waals surface area (Å²) in [5.41, 5.74) is 1.10. The van der Waals surface area contributed by atoms with Crippen LogP contribution in [0.2, 0.25) is 0 Å². The number of aromatic nitrogens is 2. The number of hydrogen-bond acceptors (Lipinski definition) is 4. The third-order valence-corrected chi connectivity index (χ3v) is 3.28. The molecule has 0 spiro atoms. The van der Waals surface area contributed by atoms with E-state index in [0.717, 1.165) is 16.5 Å². The second-order valence-corrected chi connectivity index (χ2v) is 5.41. The van der Waals surface area contributed by atoms with Crippen molar-refractivity contribution in [1.82, 2.24) is 10.2 Å². The van der Waals surface area contributed by atoms with Gasteiger partial charge in [0.1, 0.15) is 0 Å². The van der Waals surface area contributed by atoms with Gasteiger partial charge in [-0.15, -0.1) is 10.2 Å². The Morgan fingerprint density at radius 1 is 1.25 bits per heavy atom. The molecule has 0 radical (unpaired) electrons. The van der Waals surface area contributed by atoms with Crippen molar-refractivity contribution in [3.05, 3.63) is 46.1 Å². The number of unbranched alkanes of at least 4 members (excludes halogenated alkanes) is 1. The van der Waals surface area contributed by atoms with Gasteiger partial charge in [0.15, 0.2) is 0 Å². The van der Waals surface area contributed by atoms with Crippen molar-refractivity contribution < 1.29 is 14.3 Å². The molecular weight excluding hydrogens is 324 g/mol. The highest BCUT2D eigenvalue weighted by Crippen LogP contribution is 2.15. The lowest BCUT2D eigenvalue weighted by Crippen LogP contribution is -1.95. The average Bonchev–Trinajstić information content (AvgIpc) is 2.82. The molecule has 0 atom stereocenters. The highest BCUT2D eigenvalue weighted by Gasteiger charge is 2.07. The van der Waals surface area contributed by atoms with Crippen LogP contribution in [0.4, 0.5) is 0 Å². The second kappa shape index (κ2) is 7.19. The quantitative estimate of drug-likeness (QED) is 0.784. The molecule has 0 amide bonds. The maximum Gasteiger partial charge on any atom is 0.303 e. The number of benzene rings is 1. The van der Waals surface area contributed by atoms with Crippen molar-refractivity contribution in [3.8, 4) is 0 Å². The first kappa shape index (κ1) is 14.7. The highest BCUT2D eigenvalue weighted by molar-refractivity contribution is 9.10. The van der Waals surface area contributed by atoms with Crippen LogP contribution < -0.4 is 0 Å². The van der Waals surface area contributed by atoms with Gasteiger partial charge in [0.05, 0.1) is 6.42 Å². The fraction of sp³-hybridized carbons (Fsp3) is 0.357. The average molecular weight is 339 g/mol. The number of aliphatic carboxylic acids is 1. The summed E-state index contributed by atoms with van der Waals surface area (Å²) in [6.07, 6.45) is 2.77. The summed E-state index contributed by atoms with van der Waals surface area (Å²) < 4.78 is 6.57. The Bertz CT molecular complexity index is 583. The monoisotopic (exact) mass is 338 g/mol. The third-order valence-electron chi connectivity index (χ3n) is 2.78. The van der Waals surface area contributed by atoms with Crippen molar-refractivity contribution >= 4 is 21.9 Å². The Labute approximate surface area is 125 Å². The minimum atomic E-state index is -0.772. The van der Waals surface area contributed by atoms with Gasteiger partial charge < -0.3 is 9.52 Å². The first-order chi connectivity index (χ1) is 9.63. The Morgan fingerprint density at radius 2 is 2.05 bits per heavy atom. The van der Waals surface area contributed by atoms with E-state index in [-0.39, 0.29) is 6.42 Å². The molecule has 0 unspecified atom stereocenters. The van der Waals surface area contributed by atoms with Gasteiger partial charge in [0.2, 0.25) is 11.8 Å². The van der Waals surface area contributed by atoms with E-state index < -0.39 is 5.97 Å². The van der Waals surface area contributed by atoms with E-state index in [0.29, 0.717) is 31.0 Å². The van der Waals surface area contributed by atoms with Gasteiger partial charge in [0, 0.05) is 17.3 Å². The molecule has 1 aromatic heterocycles. The predicted molar refractivity (Wildman–Crippen MR) is 76.4 cm³/mol. The van der Waals surface area contributed by atoms with Crippen molar-refractivity contribution in [2.24, 2.45) is 0 Å². The number of rotatable bonds is 7. The molecule has 5 nitrogen and oxygen atoms in total. The standard InChI is InChI=1S/C14H15BrN2O3/c15-11-5-3-4-10(8-11)9-13-17-16-12(20-13)6-1-2-7-14(18)19/h3-5,8H,1-2,6-7,9H2,(H,18,19). The summed E-state index contributed by atoms with van der Waals surface area (Å²) in [7, 11) is 0. The highest BCUT2D eigenvalue weighted by atomic mass is 79.9. The van der Waals surface area contributed by atoms with E-state index in [9.17, 15) is 4.79 Å². The molecule has 0 saturated carbocycles. The molecule has 0 fully saturated rings. The maximum atomic E-state index is 10.4. The van der Waals surface area contributed by atoms with Gasteiger partial charge in [-0.05, 0) is 30.5 Å². The topological polar surface area (TPSA) is 76.2 Å². The van der Waals surface area contributed by atoms with Gasteiger partial charge in [-0.2, -0.15) is 0 Å². The molecule has 20 heavy (non-hydrogen) atoms. The molecule has 1 N–H and O–H groups in total. The number of aryl methyl sites for hydroxylation is 1. The van der Waals surface area contributed by atoms with Gasteiger partial charge in [-0.25, -0.2) is 0 Å². The fourth-order valence-corrected chi connectivity index (χ4v) is 2.28. The number of halogens is 1. The normalized spacial score (nSPS) is 10.7. The first-order valence-electron chi connectivity index (χ1n) is 6.41. The molecule has 0 aliphatic rings. The Balaban J connectivity index is 1.84. The number of nitrogens with zero attached hydrogens (tertiary/aromatic N) is 2. The largest absolute Gasteiger partial charge is 0.481 e. The van der Waals surface area contributed by atoms with E-state index >= 15 is 0 Å². The third kappa shape index (κ3) is 4.77. The lowest BCUT2D eigenvalue weighted by Gasteiger charge is -1.97. The molecular formula is C14H15BrN2O3. The van der Waals surface area contributed by atoms with Crippen LogP contribution in [0.3, 0.4) is 0 Å². The van der Waals surface area contributed by atoms with Crippen molar-refractivity contribution in [1.29, 1.82) is 0 Å². The van der Waals surface area contributed by atoms with Crippen LogP contribution in [-0.2, 0) is 17.6 Å². The summed E-state index contributed by atoms with van der Waals surface area (Å²) >= 11 is 3.42. The van der Waals surface area contributed by atoms with Crippen molar-refractivity contribution in [2.45, 2.75) is 32.1 Å². The van der Waals surface area contributed by atoms with Crippen LogP contribution in [0.1, 0.15) is 36.6 Å². The molecule has 0 aliphatic carbocycles. The lowest BCUT2D eigenvalue weighted by atomic mass is 10.1. The predicted octanol–water partition coefficient (Wildman–Crippen LogP) is 3.22. The molecule has 106 valence electrons. The molecule has 2 rings (SSSR count). The molecule has 0 aliphatic heterocycles. The second-order valence-electron chi connectivity index (χ2n) is 4.50. The van der Waals surface area contributed by atoms with Crippen molar-refractivity contribution in [2.75, 3.05) is 0 Å². The SMILES string of the molecule is O=C(O)CCCCc1nnc(Cc2cccc(Br)c2)o1. The van der Waals surface area contributed by atoms with Gasteiger partial charge in [0.25, 0.3) is 0 Å². The zero-order valence-electron chi connectivity index (χ0n) is 10.9. The van der Waals surface area contributed by atoms with Crippen LogP contribution >= 0.6 is 15.9 Å². The van der Waals surface area contributed by atoms with E-state index in [1.807, 2.05) is 24.3 Å². The Hall–Kier alpha value is -1.69. The van der Waals surface area contributed by atoms with Crippen LogP contribution in [0.5, 0.6) is 0 Å². The van der Waals surface area contributed by atoms with Crippen LogP contribution in [0.25, 0.3) is 0 Å². The van der Waals surface area contributed by atoms with E-state index in [2.05, 4.69) is 26.1 Å². The van der Waals surface area contributed by atoms with E-state index in [4.69, 9.17) is 9.52 Å². The Morgan fingerprint density at radius 3 is 2.80 bits per heavy atom. The summed E-state index contributed by atoms with van der Waals surface area (Å²) in [4.78, 5) is 10.4. The molecule has 1 aromatic carbocycles. The van der Waals surface area contributed by atoms with Crippen LogP contribution in [0.15, 0.2) is 33.2 Å². The molecule has 2 aromatic rings. The minimum absolute atomic E-state index is 0.180. The molecule has 0 bridgehead atoms. The van der Waals surface area contributed by atoms with E-state index in [1.54, 1.807) is 0 Å². The van der Waals surface area contributed by atoms with Gasteiger partial charge >= 0.3 is 5.97 Å². The zero-order chi connectivity index (χ0) is 14.4. The number of carboxylic acids is 1. The minimum Gasteiger partial charge on any atom is -0.481 e. The summed E-state index contributed by atoms with van der Waals surface area (Å²) in [5, 5.41) is 16.5. The first-order valence-corrected chi connectivity index (χ1v) is 7.20. The zero-order valence-corrected chi connectivity index (χ0v) is 12.5. The summed E-state index contributed by atoms with van der Waals surface area (Å²) in [6.45, 7) is 0. The number of hydrogen-bond donors (Lipinski definition) is 1.